The van der Waals surface area contributed by atoms with E-state index in [4.69, 9.17) is 23.2 Å². The molecule has 0 aliphatic rings. The molecule has 0 saturated carbocycles. The molecule has 0 aliphatic carbocycles. The number of hydrogen-bond donors (Lipinski definition) is 1. The Morgan fingerprint density at radius 3 is 2.74 bits per heavy atom. The van der Waals surface area contributed by atoms with E-state index in [0.29, 0.717) is 6.54 Å². The van der Waals surface area contributed by atoms with Crippen LogP contribution in [-0.4, -0.2) is 29.4 Å². The molecule has 104 valence electrons. The summed E-state index contributed by atoms with van der Waals surface area (Å²) in [6, 6.07) is 2.24. The van der Waals surface area contributed by atoms with Crippen LogP contribution in [0.2, 0.25) is 10.0 Å². The van der Waals surface area contributed by atoms with Gasteiger partial charge in [-0.3, -0.25) is 14.9 Å². The van der Waals surface area contributed by atoms with E-state index in [0.717, 1.165) is 24.3 Å². The third-order valence-electron chi connectivity index (χ3n) is 2.28. The highest BCUT2D eigenvalue weighted by Crippen LogP contribution is 2.30. The number of carbonyl (C=O) groups excluding carboxylic acids is 1. The number of thioether (sulfide) groups is 1. The van der Waals surface area contributed by atoms with E-state index in [2.05, 4.69) is 5.32 Å². The van der Waals surface area contributed by atoms with E-state index < -0.39 is 10.8 Å². The monoisotopic (exact) mass is 322 g/mol. The van der Waals surface area contributed by atoms with Gasteiger partial charge in [0.1, 0.15) is 0 Å². The molecule has 1 aromatic rings. The molecule has 1 amide bonds. The van der Waals surface area contributed by atoms with Crippen LogP contribution in [0.5, 0.6) is 0 Å². The van der Waals surface area contributed by atoms with Crippen molar-refractivity contribution in [1.29, 1.82) is 0 Å². The summed E-state index contributed by atoms with van der Waals surface area (Å²) in [6.45, 7) is 0.482. The number of nitrogens with one attached hydrogen (secondary N) is 1. The van der Waals surface area contributed by atoms with Crippen LogP contribution >= 0.6 is 35.0 Å². The number of amides is 1. The minimum absolute atomic E-state index is 0.00914. The lowest BCUT2D eigenvalue weighted by Gasteiger charge is -2.07. The zero-order chi connectivity index (χ0) is 14.4. The largest absolute Gasteiger partial charge is 0.352 e. The molecule has 0 saturated heterocycles. The van der Waals surface area contributed by atoms with Crippen LogP contribution < -0.4 is 5.32 Å². The standard InChI is InChI=1S/C11H12Cl2N2O3S/c1-19-4-2-3-14-11(16)8-5-7(15(17)18)6-9(12)10(8)13/h5-6H,2-4H2,1H3,(H,14,16). The number of benzene rings is 1. The van der Waals surface area contributed by atoms with Gasteiger partial charge in [0.2, 0.25) is 0 Å². The number of hydrogen-bond acceptors (Lipinski definition) is 4. The molecule has 0 fully saturated rings. The normalized spacial score (nSPS) is 10.3. The average Bonchev–Trinajstić information content (AvgIpc) is 2.37. The first kappa shape index (κ1) is 16.1. The summed E-state index contributed by atoms with van der Waals surface area (Å²) in [6.07, 6.45) is 2.78. The van der Waals surface area contributed by atoms with Crippen molar-refractivity contribution in [3.05, 3.63) is 37.9 Å². The average molecular weight is 323 g/mol. The number of halogens is 2. The fourth-order valence-corrected chi connectivity index (χ4v) is 2.20. The number of non-ortho nitro benzene ring substituents is 1. The number of nitro groups is 1. The Balaban J connectivity index is 2.86. The second-order valence-electron chi connectivity index (χ2n) is 3.65. The first-order valence-corrected chi connectivity index (χ1v) is 7.53. The zero-order valence-corrected chi connectivity index (χ0v) is 12.4. The van der Waals surface area contributed by atoms with Gasteiger partial charge in [0.25, 0.3) is 11.6 Å². The van der Waals surface area contributed by atoms with Crippen molar-refractivity contribution in [2.75, 3.05) is 18.6 Å². The molecule has 0 spiro atoms. The molecule has 0 atom stereocenters. The van der Waals surface area contributed by atoms with Gasteiger partial charge in [0.05, 0.1) is 20.5 Å². The lowest BCUT2D eigenvalue weighted by atomic mass is 10.2. The number of nitro benzene ring substituents is 1. The molecule has 0 unspecified atom stereocenters. The van der Waals surface area contributed by atoms with E-state index in [9.17, 15) is 14.9 Å². The van der Waals surface area contributed by atoms with Gasteiger partial charge >= 0.3 is 0 Å². The van der Waals surface area contributed by atoms with E-state index in [1.54, 1.807) is 11.8 Å². The molecule has 0 aliphatic heterocycles. The number of carbonyl (C=O) groups is 1. The van der Waals surface area contributed by atoms with Gasteiger partial charge in [-0.2, -0.15) is 11.8 Å². The van der Waals surface area contributed by atoms with Gasteiger partial charge in [0.15, 0.2) is 0 Å². The van der Waals surface area contributed by atoms with Crippen LogP contribution in [0.3, 0.4) is 0 Å². The van der Waals surface area contributed by atoms with Crippen molar-refractivity contribution in [3.8, 4) is 0 Å². The highest BCUT2D eigenvalue weighted by Gasteiger charge is 2.19. The van der Waals surface area contributed by atoms with Crippen LogP contribution in [0.1, 0.15) is 16.8 Å². The molecule has 5 nitrogen and oxygen atoms in total. The predicted octanol–water partition coefficient (Wildman–Crippen LogP) is 3.38. The highest BCUT2D eigenvalue weighted by atomic mass is 35.5. The van der Waals surface area contributed by atoms with Crippen molar-refractivity contribution >= 4 is 46.6 Å². The smallest absolute Gasteiger partial charge is 0.271 e. The van der Waals surface area contributed by atoms with Gasteiger partial charge < -0.3 is 5.32 Å². The molecule has 1 aromatic carbocycles. The summed E-state index contributed by atoms with van der Waals surface area (Å²) in [5.41, 5.74) is -0.242. The fourth-order valence-electron chi connectivity index (χ4n) is 1.36. The molecule has 0 bridgehead atoms. The van der Waals surface area contributed by atoms with Crippen molar-refractivity contribution in [2.45, 2.75) is 6.42 Å². The van der Waals surface area contributed by atoms with Crippen molar-refractivity contribution in [3.63, 3.8) is 0 Å². The maximum absolute atomic E-state index is 11.9. The summed E-state index contributed by atoms with van der Waals surface area (Å²) in [4.78, 5) is 22.0. The van der Waals surface area contributed by atoms with Crippen molar-refractivity contribution in [1.82, 2.24) is 5.32 Å². The van der Waals surface area contributed by atoms with Gasteiger partial charge in [-0.25, -0.2) is 0 Å². The third-order valence-corrected chi connectivity index (χ3v) is 3.78. The Hall–Kier alpha value is -0.980. The summed E-state index contributed by atoms with van der Waals surface area (Å²) < 4.78 is 0. The van der Waals surface area contributed by atoms with Crippen LogP contribution in [0.25, 0.3) is 0 Å². The zero-order valence-electron chi connectivity index (χ0n) is 10.1. The Morgan fingerprint density at radius 1 is 1.47 bits per heavy atom. The molecule has 0 radical (unpaired) electrons. The molecule has 0 heterocycles. The summed E-state index contributed by atoms with van der Waals surface area (Å²) >= 11 is 13.3. The van der Waals surface area contributed by atoms with Crippen LogP contribution in [0.4, 0.5) is 5.69 Å². The Labute approximate surface area is 124 Å². The minimum Gasteiger partial charge on any atom is -0.352 e. The SMILES string of the molecule is CSCCCNC(=O)c1cc([N+](=O)[O-])cc(Cl)c1Cl. The lowest BCUT2D eigenvalue weighted by Crippen LogP contribution is -2.25. The molecule has 8 heteroatoms. The Kier molecular flexibility index (Phi) is 6.41. The van der Waals surface area contributed by atoms with Gasteiger partial charge in [-0.1, -0.05) is 23.2 Å². The third kappa shape index (κ3) is 4.56. The summed E-state index contributed by atoms with van der Waals surface area (Å²) in [5.74, 6) is 0.459. The van der Waals surface area contributed by atoms with Crippen LogP contribution in [0.15, 0.2) is 12.1 Å². The topological polar surface area (TPSA) is 72.2 Å². The van der Waals surface area contributed by atoms with Gasteiger partial charge in [-0.05, 0) is 18.4 Å². The first-order valence-electron chi connectivity index (χ1n) is 5.38. The maximum Gasteiger partial charge on any atom is 0.271 e. The molecular formula is C11H12Cl2N2O3S. The van der Waals surface area contributed by atoms with E-state index in [1.165, 1.54) is 0 Å². The van der Waals surface area contributed by atoms with Gasteiger partial charge in [-0.15, -0.1) is 0 Å². The predicted molar refractivity (Wildman–Crippen MR) is 78.4 cm³/mol. The second-order valence-corrected chi connectivity index (χ2v) is 5.42. The molecule has 1 N–H and O–H groups in total. The van der Waals surface area contributed by atoms with E-state index in [1.807, 2.05) is 6.26 Å². The summed E-state index contributed by atoms with van der Waals surface area (Å²) in [7, 11) is 0. The maximum atomic E-state index is 11.9. The Morgan fingerprint density at radius 2 is 2.16 bits per heavy atom. The number of nitrogens with zero attached hydrogens (tertiary/aromatic N) is 1. The highest BCUT2D eigenvalue weighted by molar-refractivity contribution is 7.98. The van der Waals surface area contributed by atoms with Crippen molar-refractivity contribution in [2.24, 2.45) is 0 Å². The van der Waals surface area contributed by atoms with Crippen LogP contribution in [-0.2, 0) is 0 Å². The van der Waals surface area contributed by atoms with Crippen LogP contribution in [0, 0.1) is 10.1 Å². The lowest BCUT2D eigenvalue weighted by molar-refractivity contribution is -0.384. The van der Waals surface area contributed by atoms with Gasteiger partial charge in [0, 0.05) is 18.7 Å². The molecule has 0 aromatic heterocycles. The number of rotatable bonds is 6. The van der Waals surface area contributed by atoms with E-state index in [-0.39, 0.29) is 21.3 Å². The summed E-state index contributed by atoms with van der Waals surface area (Å²) in [5, 5.41) is 13.4. The quantitative estimate of drug-likeness (QED) is 0.495. The molecule has 1 rings (SSSR count). The molecule has 19 heavy (non-hydrogen) atoms. The molecular weight excluding hydrogens is 311 g/mol. The fraction of sp³-hybridized carbons (Fsp3) is 0.364. The van der Waals surface area contributed by atoms with Crippen molar-refractivity contribution < 1.29 is 9.72 Å². The van der Waals surface area contributed by atoms with E-state index >= 15 is 0 Å². The first-order chi connectivity index (χ1) is 8.97. The second kappa shape index (κ2) is 7.57. The minimum atomic E-state index is -0.618. The Bertz CT molecular complexity index is 497.